The number of aromatic nitrogens is 3. The van der Waals surface area contributed by atoms with Gasteiger partial charge in [-0.1, -0.05) is 37.7 Å². The van der Waals surface area contributed by atoms with Gasteiger partial charge in [-0.2, -0.15) is 0 Å². The van der Waals surface area contributed by atoms with Crippen molar-refractivity contribution < 1.29 is 9.53 Å². The molecule has 1 aromatic heterocycles. The van der Waals surface area contributed by atoms with Gasteiger partial charge in [-0.3, -0.25) is 4.79 Å². The van der Waals surface area contributed by atoms with E-state index >= 15 is 0 Å². The first-order chi connectivity index (χ1) is 16.0. The third-order valence-corrected chi connectivity index (χ3v) is 6.91. The van der Waals surface area contributed by atoms with Gasteiger partial charge < -0.3 is 14.6 Å². The highest BCUT2D eigenvalue weighted by Gasteiger charge is 2.18. The topological polar surface area (TPSA) is 69.0 Å². The maximum absolute atomic E-state index is 12.5. The second-order valence-electron chi connectivity index (χ2n) is 8.71. The number of anilines is 1. The van der Waals surface area contributed by atoms with Crippen LogP contribution in [0.3, 0.4) is 0 Å². The quantitative estimate of drug-likeness (QED) is 0.385. The van der Waals surface area contributed by atoms with E-state index in [1.165, 1.54) is 30.2 Å². The Morgan fingerprint density at radius 1 is 1.09 bits per heavy atom. The largest absolute Gasteiger partial charge is 0.490 e. The Labute approximate surface area is 200 Å². The molecule has 0 spiro atoms. The van der Waals surface area contributed by atoms with Crippen molar-refractivity contribution in [2.45, 2.75) is 70.2 Å². The smallest absolute Gasteiger partial charge is 0.234 e. The Bertz CT molecular complexity index is 1050. The number of nitrogens with one attached hydrogen (secondary N) is 1. The Balaban J connectivity index is 1.36. The van der Waals surface area contributed by atoms with E-state index in [2.05, 4.69) is 48.4 Å². The molecule has 3 aromatic rings. The Hall–Kier alpha value is -2.80. The van der Waals surface area contributed by atoms with Gasteiger partial charge in [0.1, 0.15) is 5.75 Å². The van der Waals surface area contributed by atoms with E-state index < -0.39 is 0 Å². The van der Waals surface area contributed by atoms with Crippen molar-refractivity contribution in [2.75, 3.05) is 11.1 Å². The average molecular weight is 465 g/mol. The zero-order valence-electron chi connectivity index (χ0n) is 19.6. The van der Waals surface area contributed by atoms with Gasteiger partial charge in [0, 0.05) is 17.8 Å². The molecule has 0 bridgehead atoms. The summed E-state index contributed by atoms with van der Waals surface area (Å²) in [4.78, 5) is 12.5. The van der Waals surface area contributed by atoms with Crippen LogP contribution in [-0.2, 0) is 11.3 Å². The molecule has 0 atom stereocenters. The summed E-state index contributed by atoms with van der Waals surface area (Å²) in [5.41, 5.74) is 3.05. The van der Waals surface area contributed by atoms with E-state index in [0.717, 1.165) is 47.4 Å². The molecule has 1 aliphatic rings. The molecule has 0 saturated heterocycles. The minimum absolute atomic E-state index is 0.0575. The molecule has 7 heteroatoms. The number of amides is 1. The maximum Gasteiger partial charge on any atom is 0.234 e. The summed E-state index contributed by atoms with van der Waals surface area (Å²) in [7, 11) is 0. The molecule has 1 saturated carbocycles. The van der Waals surface area contributed by atoms with Gasteiger partial charge >= 0.3 is 0 Å². The van der Waals surface area contributed by atoms with Crippen molar-refractivity contribution in [1.29, 1.82) is 0 Å². The van der Waals surface area contributed by atoms with E-state index in [9.17, 15) is 4.79 Å². The van der Waals surface area contributed by atoms with Crippen LogP contribution in [0.2, 0.25) is 0 Å². The van der Waals surface area contributed by atoms with Crippen molar-refractivity contribution in [3.8, 4) is 17.1 Å². The van der Waals surface area contributed by atoms with Gasteiger partial charge in [-0.05, 0) is 80.5 Å². The minimum Gasteiger partial charge on any atom is -0.490 e. The van der Waals surface area contributed by atoms with Crippen LogP contribution < -0.4 is 10.1 Å². The monoisotopic (exact) mass is 464 g/mol. The number of benzene rings is 2. The van der Waals surface area contributed by atoms with E-state index in [-0.39, 0.29) is 11.7 Å². The molecule has 1 N–H and O–H groups in total. The second-order valence-corrected chi connectivity index (χ2v) is 9.66. The molecule has 174 valence electrons. The van der Waals surface area contributed by atoms with Crippen molar-refractivity contribution in [3.63, 3.8) is 0 Å². The average Bonchev–Trinajstić information content (AvgIpc) is 3.48. The van der Waals surface area contributed by atoms with Gasteiger partial charge in [-0.15, -0.1) is 10.2 Å². The van der Waals surface area contributed by atoms with E-state index in [1.54, 1.807) is 0 Å². The SMILES string of the molecule is CCn1c(SCC(=O)Nc2ccc(C(C)C)cc2)nnc1-c1ccc(OC2CCCC2)cc1. The Kier molecular flexibility index (Phi) is 7.70. The van der Waals surface area contributed by atoms with Crippen LogP contribution in [0, 0.1) is 0 Å². The molecule has 1 fully saturated rings. The highest BCUT2D eigenvalue weighted by Crippen LogP contribution is 2.28. The molecule has 0 unspecified atom stereocenters. The van der Waals surface area contributed by atoms with Crippen LogP contribution in [0.1, 0.15) is 57.9 Å². The molecule has 33 heavy (non-hydrogen) atoms. The highest BCUT2D eigenvalue weighted by molar-refractivity contribution is 7.99. The number of nitrogens with zero attached hydrogens (tertiary/aromatic N) is 3. The fraction of sp³-hybridized carbons (Fsp3) is 0.423. The van der Waals surface area contributed by atoms with Crippen LogP contribution in [0.15, 0.2) is 53.7 Å². The maximum atomic E-state index is 12.5. The predicted octanol–water partition coefficient (Wildman–Crippen LogP) is 6.14. The number of carbonyl (C=O) groups excluding carboxylic acids is 1. The van der Waals surface area contributed by atoms with Gasteiger partial charge in [0.2, 0.25) is 5.91 Å². The summed E-state index contributed by atoms with van der Waals surface area (Å²) in [6.45, 7) is 7.09. The summed E-state index contributed by atoms with van der Waals surface area (Å²) < 4.78 is 8.11. The van der Waals surface area contributed by atoms with Crippen LogP contribution in [0.4, 0.5) is 5.69 Å². The molecule has 2 aromatic carbocycles. The first kappa shape index (κ1) is 23.4. The van der Waals surface area contributed by atoms with Crippen molar-refractivity contribution in [3.05, 3.63) is 54.1 Å². The van der Waals surface area contributed by atoms with E-state index in [0.29, 0.717) is 12.0 Å². The molecule has 1 heterocycles. The number of carbonyl (C=O) groups is 1. The lowest BCUT2D eigenvalue weighted by molar-refractivity contribution is -0.113. The number of hydrogen-bond acceptors (Lipinski definition) is 5. The van der Waals surface area contributed by atoms with Crippen molar-refractivity contribution in [2.24, 2.45) is 0 Å². The minimum atomic E-state index is -0.0575. The summed E-state index contributed by atoms with van der Waals surface area (Å²) >= 11 is 1.40. The molecular weight excluding hydrogens is 432 g/mol. The lowest BCUT2D eigenvalue weighted by atomic mass is 10.0. The molecule has 1 aliphatic carbocycles. The summed E-state index contributed by atoms with van der Waals surface area (Å²) in [6.07, 6.45) is 5.14. The molecule has 0 radical (unpaired) electrons. The first-order valence-corrected chi connectivity index (χ1v) is 12.7. The Morgan fingerprint density at radius 2 is 1.79 bits per heavy atom. The van der Waals surface area contributed by atoms with Gasteiger partial charge in [-0.25, -0.2) is 0 Å². The normalized spacial score (nSPS) is 14.1. The highest BCUT2D eigenvalue weighted by atomic mass is 32.2. The number of rotatable bonds is 9. The lowest BCUT2D eigenvalue weighted by Crippen LogP contribution is -2.14. The summed E-state index contributed by atoms with van der Waals surface area (Å²) in [5.74, 6) is 2.39. The van der Waals surface area contributed by atoms with E-state index in [1.807, 2.05) is 41.0 Å². The predicted molar refractivity (Wildman–Crippen MR) is 134 cm³/mol. The number of hydrogen-bond donors (Lipinski definition) is 1. The third kappa shape index (κ3) is 5.96. The van der Waals surface area contributed by atoms with Crippen molar-refractivity contribution in [1.82, 2.24) is 14.8 Å². The van der Waals surface area contributed by atoms with Gasteiger partial charge in [0.05, 0.1) is 11.9 Å². The molecule has 0 aliphatic heterocycles. The molecule has 6 nitrogen and oxygen atoms in total. The number of thioether (sulfide) groups is 1. The zero-order chi connectivity index (χ0) is 23.2. The van der Waals surface area contributed by atoms with Gasteiger partial charge in [0.15, 0.2) is 11.0 Å². The fourth-order valence-electron chi connectivity index (χ4n) is 4.05. The Morgan fingerprint density at radius 3 is 2.42 bits per heavy atom. The third-order valence-electron chi connectivity index (χ3n) is 5.94. The van der Waals surface area contributed by atoms with Crippen LogP contribution in [0.5, 0.6) is 5.75 Å². The lowest BCUT2D eigenvalue weighted by Gasteiger charge is -2.13. The first-order valence-electron chi connectivity index (χ1n) is 11.8. The van der Waals surface area contributed by atoms with Crippen LogP contribution in [0.25, 0.3) is 11.4 Å². The number of ether oxygens (including phenoxy) is 1. The molecular formula is C26H32N4O2S. The van der Waals surface area contributed by atoms with Gasteiger partial charge in [0.25, 0.3) is 0 Å². The van der Waals surface area contributed by atoms with Crippen LogP contribution in [-0.4, -0.2) is 32.5 Å². The van der Waals surface area contributed by atoms with E-state index in [4.69, 9.17) is 4.74 Å². The van der Waals surface area contributed by atoms with Crippen LogP contribution >= 0.6 is 11.8 Å². The fourth-order valence-corrected chi connectivity index (χ4v) is 4.86. The molecule has 1 amide bonds. The standard InChI is InChI=1S/C26H32N4O2S/c1-4-30-25(20-11-15-23(16-12-20)32-22-7-5-6-8-22)28-29-26(30)33-17-24(31)27-21-13-9-19(10-14-21)18(2)3/h9-16,18,22H,4-8,17H2,1-3H3,(H,27,31). The summed E-state index contributed by atoms with van der Waals surface area (Å²) in [6, 6.07) is 16.1. The van der Waals surface area contributed by atoms with Crippen molar-refractivity contribution >= 4 is 23.4 Å². The molecule has 4 rings (SSSR count). The summed E-state index contributed by atoms with van der Waals surface area (Å²) in [5, 5.41) is 12.4. The second kappa shape index (κ2) is 10.9. The zero-order valence-corrected chi connectivity index (χ0v) is 20.4.